The summed E-state index contributed by atoms with van der Waals surface area (Å²) in [7, 11) is 0. The average Bonchev–Trinajstić information content (AvgIpc) is 2.98. The van der Waals surface area contributed by atoms with Crippen molar-refractivity contribution in [2.75, 3.05) is 18.1 Å². The number of nitrogens with two attached hydrogens (primary N) is 2. The Morgan fingerprint density at radius 3 is 2.07 bits per heavy atom. The number of rotatable bonds is 12. The molecule has 0 aliphatic rings. The van der Waals surface area contributed by atoms with Gasteiger partial charge in [-0.2, -0.15) is 22.0 Å². The quantitative estimate of drug-likeness (QED) is 0.0539. The molecular weight excluding hydrogens is 595 g/mol. The summed E-state index contributed by atoms with van der Waals surface area (Å²) >= 11 is 0. The van der Waals surface area contributed by atoms with Crippen molar-refractivity contribution in [2.24, 2.45) is 0 Å². The Balaban J connectivity index is 1.31. The van der Waals surface area contributed by atoms with E-state index in [2.05, 4.69) is 0 Å². The number of ether oxygens (including phenoxy) is 3. The van der Waals surface area contributed by atoms with Gasteiger partial charge in [0, 0.05) is 23.9 Å². The first-order valence-electron chi connectivity index (χ1n) is 13.9. The zero-order chi connectivity index (χ0) is 32.6. The summed E-state index contributed by atoms with van der Waals surface area (Å²) in [5.74, 6) is -0.576. The molecule has 0 saturated carbocycles. The maximum absolute atomic E-state index is 14.7. The number of benzene rings is 4. The first kappa shape index (κ1) is 32.8. The van der Waals surface area contributed by atoms with Gasteiger partial charge in [-0.05, 0) is 108 Å². The van der Waals surface area contributed by atoms with Gasteiger partial charge in [0.25, 0.3) is 0 Å². The number of hydrogen-bond acceptors (Lipinski definition) is 6. The minimum atomic E-state index is -4.28. The molecule has 4 aromatic rings. The van der Waals surface area contributed by atoms with E-state index >= 15 is 0 Å². The molecule has 236 valence electrons. The zero-order valence-electron chi connectivity index (χ0n) is 24.2. The molecule has 0 unspecified atom stereocenters. The highest BCUT2D eigenvalue weighted by molar-refractivity contribution is 5.87. The Labute approximate surface area is 257 Å². The molecule has 45 heavy (non-hydrogen) atoms. The molecule has 0 amide bonds. The maximum atomic E-state index is 14.7. The van der Waals surface area contributed by atoms with Gasteiger partial charge >= 0.3 is 18.3 Å². The molecule has 4 rings (SSSR count). The SMILES string of the molecule is Cc1cc(N)ccc1-c1ccc(N)cc1COC(=O)/C=C/c1ccc(OC(F)(F)c2ccc(OCCCC(F)(F)F)cc2)cc1. The van der Waals surface area contributed by atoms with E-state index in [0.29, 0.717) is 16.9 Å². The van der Waals surface area contributed by atoms with Crippen molar-refractivity contribution in [1.82, 2.24) is 0 Å². The number of carbonyl (C=O) groups excluding carboxylic acids is 1. The summed E-state index contributed by atoms with van der Waals surface area (Å²) in [6, 6.07) is 21.2. The van der Waals surface area contributed by atoms with Crippen molar-refractivity contribution in [1.29, 1.82) is 0 Å². The second-order valence-corrected chi connectivity index (χ2v) is 10.2. The van der Waals surface area contributed by atoms with Crippen molar-refractivity contribution >= 4 is 23.4 Å². The molecule has 4 N–H and O–H groups in total. The smallest absolute Gasteiger partial charge is 0.426 e. The molecule has 0 bridgehead atoms. The lowest BCUT2D eigenvalue weighted by Gasteiger charge is -2.18. The fourth-order valence-electron chi connectivity index (χ4n) is 4.41. The number of anilines is 2. The molecule has 0 atom stereocenters. The lowest BCUT2D eigenvalue weighted by atomic mass is 9.95. The van der Waals surface area contributed by atoms with Crippen LogP contribution < -0.4 is 20.9 Å². The monoisotopic (exact) mass is 626 g/mol. The van der Waals surface area contributed by atoms with Crippen molar-refractivity contribution in [3.8, 4) is 22.6 Å². The van der Waals surface area contributed by atoms with Gasteiger partial charge in [-0.25, -0.2) is 4.79 Å². The van der Waals surface area contributed by atoms with E-state index in [9.17, 15) is 26.7 Å². The van der Waals surface area contributed by atoms with Crippen LogP contribution in [0.2, 0.25) is 0 Å². The summed E-state index contributed by atoms with van der Waals surface area (Å²) in [4.78, 5) is 12.4. The molecule has 11 heteroatoms. The normalized spacial score (nSPS) is 11.9. The number of esters is 1. The molecular formula is C34H31F5N2O4. The topological polar surface area (TPSA) is 96.8 Å². The number of nitrogen functional groups attached to an aromatic ring is 2. The predicted octanol–water partition coefficient (Wildman–Crippen LogP) is 8.43. The fraction of sp³-hybridized carbons (Fsp3) is 0.206. The summed E-state index contributed by atoms with van der Waals surface area (Å²) in [5, 5.41) is 0. The highest BCUT2D eigenvalue weighted by atomic mass is 19.4. The number of hydrogen-bond donors (Lipinski definition) is 2. The molecule has 6 nitrogen and oxygen atoms in total. The highest BCUT2D eigenvalue weighted by Gasteiger charge is 2.34. The standard InChI is InChI=1S/C34H31F5N2O4/c1-22-19-26(40)8-14-30(22)31-15-9-27(41)20-24(31)21-44-32(42)16-5-23-3-10-29(11-4-23)45-34(38,39)25-6-12-28(13-7-25)43-18-2-17-33(35,36)37/h3-16,19-20H,2,17-18,21,40-41H2,1H3/b16-5+. The van der Waals surface area contributed by atoms with Gasteiger partial charge in [-0.3, -0.25) is 0 Å². The van der Waals surface area contributed by atoms with E-state index in [0.717, 1.165) is 34.4 Å². The summed E-state index contributed by atoms with van der Waals surface area (Å²) in [5.41, 5.74) is 16.5. The fourth-order valence-corrected chi connectivity index (χ4v) is 4.41. The van der Waals surface area contributed by atoms with Crippen LogP contribution >= 0.6 is 0 Å². The Bertz CT molecular complexity index is 1640. The Hall–Kier alpha value is -5.06. The van der Waals surface area contributed by atoms with Gasteiger partial charge in [-0.15, -0.1) is 0 Å². The lowest BCUT2D eigenvalue weighted by Crippen LogP contribution is -2.21. The predicted molar refractivity (Wildman–Crippen MR) is 162 cm³/mol. The van der Waals surface area contributed by atoms with E-state index in [4.69, 9.17) is 25.7 Å². The average molecular weight is 627 g/mol. The molecule has 0 saturated heterocycles. The van der Waals surface area contributed by atoms with Crippen LogP contribution in [-0.2, 0) is 22.2 Å². The van der Waals surface area contributed by atoms with Gasteiger partial charge in [-0.1, -0.05) is 24.3 Å². The molecule has 0 aliphatic carbocycles. The zero-order valence-corrected chi connectivity index (χ0v) is 24.2. The Kier molecular flexibility index (Phi) is 10.3. The van der Waals surface area contributed by atoms with Gasteiger partial charge < -0.3 is 25.7 Å². The highest BCUT2D eigenvalue weighted by Crippen LogP contribution is 2.33. The minimum absolute atomic E-state index is 0.0274. The molecule has 0 heterocycles. The molecule has 0 aromatic heterocycles. The summed E-state index contributed by atoms with van der Waals surface area (Å²) in [6.07, 6.45) is -6.52. The molecule has 0 spiro atoms. The van der Waals surface area contributed by atoms with Gasteiger partial charge in [0.2, 0.25) is 0 Å². The van der Waals surface area contributed by atoms with Crippen molar-refractivity contribution < 1.29 is 41.0 Å². The number of aryl methyl sites for hydroxylation is 1. The van der Waals surface area contributed by atoms with Crippen LogP contribution in [0.25, 0.3) is 17.2 Å². The third kappa shape index (κ3) is 9.72. The largest absolute Gasteiger partial charge is 0.494 e. The van der Waals surface area contributed by atoms with Gasteiger partial charge in [0.05, 0.1) is 12.2 Å². The third-order valence-corrected chi connectivity index (χ3v) is 6.64. The first-order chi connectivity index (χ1) is 21.3. The maximum Gasteiger partial charge on any atom is 0.426 e. The lowest BCUT2D eigenvalue weighted by molar-refractivity contribution is -0.185. The van der Waals surface area contributed by atoms with E-state index in [1.807, 2.05) is 25.1 Å². The van der Waals surface area contributed by atoms with Crippen LogP contribution in [0.1, 0.15) is 35.1 Å². The second kappa shape index (κ2) is 14.1. The molecule has 0 radical (unpaired) electrons. The van der Waals surface area contributed by atoms with Crippen molar-refractivity contribution in [2.45, 2.75) is 38.7 Å². The number of carbonyl (C=O) groups is 1. The Morgan fingerprint density at radius 2 is 1.42 bits per heavy atom. The number of alkyl halides is 5. The van der Waals surface area contributed by atoms with E-state index in [1.165, 1.54) is 48.6 Å². The van der Waals surface area contributed by atoms with E-state index < -0.39 is 30.2 Å². The second-order valence-electron chi connectivity index (χ2n) is 10.2. The summed E-state index contributed by atoms with van der Waals surface area (Å²) < 4.78 is 81.6. The van der Waals surface area contributed by atoms with Crippen LogP contribution in [0, 0.1) is 6.92 Å². The molecule has 4 aromatic carbocycles. The number of halogens is 5. The van der Waals surface area contributed by atoms with E-state index in [-0.39, 0.29) is 31.1 Å². The third-order valence-electron chi connectivity index (χ3n) is 6.64. The van der Waals surface area contributed by atoms with Gasteiger partial charge in [0.1, 0.15) is 18.1 Å². The van der Waals surface area contributed by atoms with Gasteiger partial charge in [0.15, 0.2) is 0 Å². The Morgan fingerprint density at radius 1 is 0.800 bits per heavy atom. The van der Waals surface area contributed by atoms with Crippen LogP contribution in [0.3, 0.4) is 0 Å². The van der Waals surface area contributed by atoms with Crippen molar-refractivity contribution in [3.05, 3.63) is 113 Å². The van der Waals surface area contributed by atoms with Crippen LogP contribution in [0.15, 0.2) is 91.0 Å². The molecule has 0 fully saturated rings. The van der Waals surface area contributed by atoms with E-state index in [1.54, 1.807) is 18.2 Å². The van der Waals surface area contributed by atoms with Crippen molar-refractivity contribution in [3.63, 3.8) is 0 Å². The molecule has 0 aliphatic heterocycles. The van der Waals surface area contributed by atoms with Crippen LogP contribution in [0.4, 0.5) is 33.3 Å². The minimum Gasteiger partial charge on any atom is -0.494 e. The summed E-state index contributed by atoms with van der Waals surface area (Å²) in [6.45, 7) is 1.71. The van der Waals surface area contributed by atoms with Crippen LogP contribution in [0.5, 0.6) is 11.5 Å². The van der Waals surface area contributed by atoms with Crippen LogP contribution in [-0.4, -0.2) is 18.8 Å². The first-order valence-corrected chi connectivity index (χ1v) is 13.9.